The molecule has 0 atom stereocenters. The van der Waals surface area contributed by atoms with Crippen molar-refractivity contribution in [3.63, 3.8) is 0 Å². The quantitative estimate of drug-likeness (QED) is 0.246. The first kappa shape index (κ1) is 31.7. The third-order valence-electron chi connectivity index (χ3n) is 8.46. The number of aryl methyl sites for hydroxylation is 1. The highest BCUT2D eigenvalue weighted by molar-refractivity contribution is 6.05. The molecule has 5 rings (SSSR count). The molecule has 0 aliphatic carbocycles. The van der Waals surface area contributed by atoms with Gasteiger partial charge in [0.2, 0.25) is 0 Å². The number of anilines is 3. The summed E-state index contributed by atoms with van der Waals surface area (Å²) in [6.45, 7) is 11.1. The maximum Gasteiger partial charge on any atom is 0.293 e. The van der Waals surface area contributed by atoms with Crippen molar-refractivity contribution in [1.82, 2.24) is 14.5 Å². The third-order valence-corrected chi connectivity index (χ3v) is 8.46. The van der Waals surface area contributed by atoms with Crippen molar-refractivity contribution in [2.24, 2.45) is 7.05 Å². The van der Waals surface area contributed by atoms with Crippen LogP contribution in [-0.2, 0) is 12.5 Å². The lowest BCUT2D eigenvalue weighted by atomic mass is 9.86. The summed E-state index contributed by atoms with van der Waals surface area (Å²) in [6, 6.07) is 20.2. The molecule has 2 amide bonds. The molecule has 0 saturated carbocycles. The molecule has 9 nitrogen and oxygen atoms in total. The Morgan fingerprint density at radius 2 is 1.56 bits per heavy atom. The first-order valence-electron chi connectivity index (χ1n) is 15.2. The Morgan fingerprint density at radius 1 is 0.933 bits per heavy atom. The fraction of sp³-hybridized carbons (Fsp3) is 0.333. The average Bonchev–Trinajstić information content (AvgIpc) is 3.00. The van der Waals surface area contributed by atoms with Gasteiger partial charge in [-0.05, 0) is 85.7 Å². The number of nitrogens with one attached hydrogen (secondary N) is 2. The number of benzene rings is 3. The number of aliphatic hydroxyl groups is 1. The zero-order valence-electron chi connectivity index (χ0n) is 26.8. The molecule has 0 spiro atoms. The van der Waals surface area contributed by atoms with Crippen LogP contribution in [0, 0.1) is 6.92 Å². The number of carbonyl (C=O) groups is 2. The molecule has 1 saturated heterocycles. The van der Waals surface area contributed by atoms with Crippen LogP contribution in [0.5, 0.6) is 0 Å². The van der Waals surface area contributed by atoms with E-state index in [1.165, 1.54) is 4.57 Å². The van der Waals surface area contributed by atoms with Gasteiger partial charge >= 0.3 is 0 Å². The van der Waals surface area contributed by atoms with Crippen LogP contribution in [-0.4, -0.2) is 50.1 Å². The Bertz CT molecular complexity index is 1770. The number of rotatable bonds is 6. The van der Waals surface area contributed by atoms with Gasteiger partial charge in [0, 0.05) is 54.4 Å². The molecule has 1 aliphatic heterocycles. The minimum absolute atomic E-state index is 0.00336. The normalized spacial score (nSPS) is 14.6. The average molecular weight is 608 g/mol. The fourth-order valence-corrected chi connectivity index (χ4v) is 5.39. The van der Waals surface area contributed by atoms with E-state index in [0.29, 0.717) is 54.1 Å². The smallest absolute Gasteiger partial charge is 0.293 e. The van der Waals surface area contributed by atoms with E-state index in [1.807, 2.05) is 49.4 Å². The number of carbonyl (C=O) groups excluding carboxylic acids is 2. The molecule has 3 aromatic carbocycles. The topological polar surface area (TPSA) is 117 Å². The van der Waals surface area contributed by atoms with Crippen molar-refractivity contribution >= 4 is 29.0 Å². The number of likely N-dealkylation sites (tertiary alicyclic amines) is 1. The van der Waals surface area contributed by atoms with Gasteiger partial charge in [0.15, 0.2) is 5.82 Å². The predicted octanol–water partition coefficient (Wildman–Crippen LogP) is 6.04. The molecule has 0 bridgehead atoms. The predicted molar refractivity (Wildman–Crippen MR) is 178 cm³/mol. The van der Waals surface area contributed by atoms with E-state index in [0.717, 1.165) is 16.7 Å². The van der Waals surface area contributed by atoms with E-state index in [2.05, 4.69) is 36.4 Å². The van der Waals surface area contributed by atoms with Crippen LogP contribution < -0.4 is 16.2 Å². The van der Waals surface area contributed by atoms with Crippen LogP contribution in [0.15, 0.2) is 77.7 Å². The number of amides is 2. The van der Waals surface area contributed by atoms with Crippen LogP contribution in [0.1, 0.15) is 72.4 Å². The number of piperidine rings is 1. The van der Waals surface area contributed by atoms with Crippen molar-refractivity contribution in [1.29, 1.82) is 0 Å². The molecule has 4 aromatic rings. The molecule has 1 aromatic heterocycles. The minimum atomic E-state index is -0.731. The molecule has 0 unspecified atom stereocenters. The van der Waals surface area contributed by atoms with E-state index < -0.39 is 5.60 Å². The number of hydrogen-bond acceptors (Lipinski definition) is 6. The summed E-state index contributed by atoms with van der Waals surface area (Å²) in [7, 11) is 1.67. The Balaban J connectivity index is 1.33. The molecule has 234 valence electrons. The number of hydrogen-bond donors (Lipinski definition) is 3. The molecule has 3 N–H and O–H groups in total. The second kappa shape index (κ2) is 12.3. The second-order valence-electron chi connectivity index (χ2n) is 13.1. The van der Waals surface area contributed by atoms with Crippen LogP contribution in [0.3, 0.4) is 0 Å². The summed E-state index contributed by atoms with van der Waals surface area (Å²) in [4.78, 5) is 45.5. The van der Waals surface area contributed by atoms with Gasteiger partial charge < -0.3 is 25.2 Å². The molecule has 9 heteroatoms. The second-order valence-corrected chi connectivity index (χ2v) is 13.1. The lowest BCUT2D eigenvalue weighted by Crippen LogP contribution is -2.45. The summed E-state index contributed by atoms with van der Waals surface area (Å²) < 4.78 is 1.47. The minimum Gasteiger partial charge on any atom is -0.390 e. The highest BCUT2D eigenvalue weighted by Crippen LogP contribution is 2.29. The van der Waals surface area contributed by atoms with Crippen LogP contribution in [0.2, 0.25) is 0 Å². The Hall–Kier alpha value is -4.76. The summed E-state index contributed by atoms with van der Waals surface area (Å²) in [6.07, 6.45) is 2.76. The van der Waals surface area contributed by atoms with Gasteiger partial charge in [-0.2, -0.15) is 0 Å². The van der Waals surface area contributed by atoms with Crippen LogP contribution >= 0.6 is 0 Å². The Morgan fingerprint density at radius 3 is 2.18 bits per heavy atom. The summed E-state index contributed by atoms with van der Waals surface area (Å²) in [5.74, 6) is -0.154. The van der Waals surface area contributed by atoms with Crippen molar-refractivity contribution in [3.05, 3.63) is 106 Å². The van der Waals surface area contributed by atoms with Gasteiger partial charge in [-0.1, -0.05) is 45.0 Å². The van der Waals surface area contributed by atoms with E-state index in [9.17, 15) is 19.5 Å². The maximum atomic E-state index is 13.1. The van der Waals surface area contributed by atoms with Gasteiger partial charge in [0.25, 0.3) is 17.4 Å². The Kier molecular flexibility index (Phi) is 8.67. The molecule has 2 heterocycles. The molecule has 0 radical (unpaired) electrons. The van der Waals surface area contributed by atoms with E-state index in [4.69, 9.17) is 0 Å². The summed E-state index contributed by atoms with van der Waals surface area (Å²) in [5.41, 5.74) is 4.64. The molecule has 1 fully saturated rings. The van der Waals surface area contributed by atoms with E-state index in [-0.39, 0.29) is 28.6 Å². The highest BCUT2D eigenvalue weighted by Gasteiger charge is 2.30. The highest BCUT2D eigenvalue weighted by atomic mass is 16.3. The zero-order chi connectivity index (χ0) is 32.5. The largest absolute Gasteiger partial charge is 0.390 e. The zero-order valence-corrected chi connectivity index (χ0v) is 26.8. The lowest BCUT2D eigenvalue weighted by Gasteiger charge is -2.35. The van der Waals surface area contributed by atoms with Crippen molar-refractivity contribution in [2.75, 3.05) is 23.7 Å². The van der Waals surface area contributed by atoms with Gasteiger partial charge in [-0.15, -0.1) is 0 Å². The molecular weight excluding hydrogens is 566 g/mol. The first-order chi connectivity index (χ1) is 21.2. The first-order valence-corrected chi connectivity index (χ1v) is 15.2. The molecule has 45 heavy (non-hydrogen) atoms. The van der Waals surface area contributed by atoms with Crippen LogP contribution in [0.25, 0.3) is 11.3 Å². The van der Waals surface area contributed by atoms with E-state index >= 15 is 0 Å². The SMILES string of the molecule is Cc1c(NC(=O)c2ccc(C(C)(C)C)cc2)cccc1-c1cn(C)c(=O)c(Nc2ccc(C(=O)N3CCC(C)(O)CC3)cc2)n1. The summed E-state index contributed by atoms with van der Waals surface area (Å²) >= 11 is 0. The standard InChI is InChI=1S/C36H41N5O4/c1-23-28(8-7-9-29(23)39-32(42)24-10-14-26(15-11-24)35(2,3)4)30-22-40(6)34(44)31(38-30)37-27-16-12-25(13-17-27)33(43)41-20-18-36(5,45)19-21-41/h7-17,22,45H,18-21H2,1-6H3,(H,37,38)(H,39,42). The number of aromatic nitrogens is 2. The molecule has 1 aliphatic rings. The molecular formula is C36H41N5O4. The van der Waals surface area contributed by atoms with Gasteiger partial charge in [0.1, 0.15) is 0 Å². The third kappa shape index (κ3) is 7.15. The van der Waals surface area contributed by atoms with Crippen LogP contribution in [0.4, 0.5) is 17.2 Å². The van der Waals surface area contributed by atoms with Gasteiger partial charge in [-0.25, -0.2) is 4.98 Å². The lowest BCUT2D eigenvalue weighted by molar-refractivity contribution is -0.00203. The fourth-order valence-electron chi connectivity index (χ4n) is 5.39. The van der Waals surface area contributed by atoms with Crippen molar-refractivity contribution in [2.45, 2.75) is 58.5 Å². The number of nitrogens with zero attached hydrogens (tertiary/aromatic N) is 3. The summed E-state index contributed by atoms with van der Waals surface area (Å²) in [5, 5.41) is 16.3. The van der Waals surface area contributed by atoms with Crippen molar-refractivity contribution in [3.8, 4) is 11.3 Å². The van der Waals surface area contributed by atoms with Gasteiger partial charge in [-0.3, -0.25) is 14.4 Å². The van der Waals surface area contributed by atoms with E-state index in [1.54, 1.807) is 49.3 Å². The van der Waals surface area contributed by atoms with Gasteiger partial charge in [0.05, 0.1) is 11.3 Å². The van der Waals surface area contributed by atoms with Crippen molar-refractivity contribution < 1.29 is 14.7 Å². The monoisotopic (exact) mass is 607 g/mol. The Labute approximate surface area is 263 Å². The maximum absolute atomic E-state index is 13.1.